The highest BCUT2D eigenvalue weighted by molar-refractivity contribution is 9.18. The van der Waals surface area contributed by atoms with Gasteiger partial charge in [0.25, 0.3) is 0 Å². The molecule has 2 aromatic heterocycles. The number of furan rings is 2. The van der Waals surface area contributed by atoms with Gasteiger partial charge in [-0.1, -0.05) is 260 Å². The lowest BCUT2D eigenvalue weighted by atomic mass is 9.71. The molecule has 0 spiro atoms. The monoisotopic (exact) mass is 1660 g/mol. The minimum atomic E-state index is -0.402. The zero-order chi connectivity index (χ0) is 74.4. The van der Waals surface area contributed by atoms with Crippen molar-refractivity contribution in [2.45, 2.75) is 77.4 Å². The molecule has 0 amide bonds. The van der Waals surface area contributed by atoms with Crippen molar-refractivity contribution >= 4 is 205 Å². The fourth-order valence-electron chi connectivity index (χ4n) is 15.5. The topological polar surface area (TPSA) is 63.2 Å². The van der Waals surface area contributed by atoms with Crippen LogP contribution >= 0.6 is 105 Å². The molecule has 0 saturated carbocycles. The number of hydrogen-bond acceptors (Lipinski definition) is 6. The standard InChI is InChI=1S/C41H28O2.C27H27BO4.C20H13Br.H13P11/c1-41(2)33-22-21-32-27-14-10-11-19-35(27)42-39(32)40(33)43-36-23-20-26(24-34(36)41)38-30-17-8-6-15-28(30)37(25-12-4-3-5-13-25)29-16-7-9-18-31(29)38;1-25(2)19-13-12-18-17-9-7-8-10-21(17)29-23(18)24(19)30-22-14-11-16(15-20(22)25)28-31-26(3,4)27(5,6)32-28;21-20-17-12-6-4-10-15(17)19(14-8-2-1-3-9-14)16-11-5-7-13-18(16)20;1-7-10(6)11(8(2)3)9(4)5/h3-24H,1-2H3;7-15H,1-6H3;1-13H;7H,1-6H2. The number of hydrogen-bond donors (Lipinski definition) is 0. The SMILES string of the molecule is Brc1c2ccccc2c(-c2ccccc2)c2ccccc12.CC1(C)c2cc(-c3c4ccccc4c(-c4ccccc4)c4ccccc34)ccc2Oc2c1ccc1c2oc2ccccc21.CC1(C)c2cc(B3OC(C)(C)C(C)(C)O3)ccc2Oc2c1ccc1c2oc2ccccc21.PPP(P)P(P(P)P)P(P)P. The van der Waals surface area contributed by atoms with Crippen LogP contribution in [0.5, 0.6) is 23.0 Å². The fourth-order valence-corrected chi connectivity index (χ4v) is 111. The van der Waals surface area contributed by atoms with Gasteiger partial charge in [-0.15, -0.1) is 53.6 Å². The van der Waals surface area contributed by atoms with Gasteiger partial charge in [0.2, 0.25) is 0 Å². The Bertz CT molecular complexity index is 5990. The van der Waals surface area contributed by atoms with E-state index in [2.05, 4.69) is 349 Å². The van der Waals surface area contributed by atoms with Gasteiger partial charge < -0.3 is 27.6 Å². The average Bonchev–Trinajstić information content (AvgIpc) is 1.65. The first-order chi connectivity index (χ1) is 51.5. The molecule has 534 valence electrons. The summed E-state index contributed by atoms with van der Waals surface area (Å²) in [6, 6.07) is 94.1. The van der Waals surface area contributed by atoms with Crippen LogP contribution in [-0.2, 0) is 20.1 Å². The highest BCUT2D eigenvalue weighted by Crippen LogP contribution is 3.12. The molecule has 19 rings (SSSR count). The molecule has 3 aliphatic rings. The third-order valence-corrected chi connectivity index (χ3v) is 81.5. The summed E-state index contributed by atoms with van der Waals surface area (Å²) in [5.41, 5.74) is 15.1. The van der Waals surface area contributed by atoms with Gasteiger partial charge in [-0.05, 0) is 196 Å². The molecule has 0 bridgehead atoms. The predicted octanol–water partition coefficient (Wildman–Crippen LogP) is 30.4. The summed E-state index contributed by atoms with van der Waals surface area (Å²) in [5, 5.41) is 14.5. The van der Waals surface area contributed by atoms with Crippen LogP contribution in [0.2, 0.25) is 0 Å². The molecule has 1 fully saturated rings. The number of benzene rings is 14. The maximum absolute atomic E-state index is 6.70. The minimum Gasteiger partial charge on any atom is -0.453 e. The van der Waals surface area contributed by atoms with Crippen molar-refractivity contribution in [1.29, 1.82) is 0 Å². The maximum atomic E-state index is 6.70. The van der Waals surface area contributed by atoms with Crippen molar-refractivity contribution in [3.05, 3.63) is 294 Å². The normalized spacial score (nSPS) is 15.4. The van der Waals surface area contributed by atoms with Crippen molar-refractivity contribution in [2.24, 2.45) is 0 Å². The summed E-state index contributed by atoms with van der Waals surface area (Å²) >= 11 is 3.79. The maximum Gasteiger partial charge on any atom is 0.494 e. The number of ether oxygens (including phenoxy) is 2. The molecule has 0 radical (unpaired) electrons. The van der Waals surface area contributed by atoms with Crippen molar-refractivity contribution < 1.29 is 27.6 Å². The zero-order valence-electron chi connectivity index (χ0n) is 60.6. The van der Waals surface area contributed by atoms with Crippen LogP contribution in [0.25, 0.3) is 120 Å². The molecular formula is C88H81BBrO6P11. The van der Waals surface area contributed by atoms with Crippen LogP contribution in [0, 0.1) is 0 Å². The third kappa shape index (κ3) is 13.8. The summed E-state index contributed by atoms with van der Waals surface area (Å²) in [4.78, 5) is 0. The van der Waals surface area contributed by atoms with Crippen LogP contribution in [0.3, 0.4) is 0 Å². The van der Waals surface area contributed by atoms with E-state index < -0.39 is 7.12 Å². The van der Waals surface area contributed by atoms with E-state index in [0.29, 0.717) is 0 Å². The second kappa shape index (κ2) is 30.5. The molecular weight excluding hydrogens is 1580 g/mol. The summed E-state index contributed by atoms with van der Waals surface area (Å²) in [5.74, 6) is 3.35. The van der Waals surface area contributed by atoms with Crippen molar-refractivity contribution in [3.8, 4) is 56.4 Å². The second-order valence-electron chi connectivity index (χ2n) is 29.2. The van der Waals surface area contributed by atoms with Crippen LogP contribution < -0.4 is 14.9 Å². The van der Waals surface area contributed by atoms with E-state index in [9.17, 15) is 0 Å². The smallest absolute Gasteiger partial charge is 0.453 e. The van der Waals surface area contributed by atoms with Gasteiger partial charge in [0.15, 0.2) is 22.7 Å². The quantitative estimate of drug-likeness (QED) is 0.0858. The first-order valence-electron chi connectivity index (χ1n) is 35.5. The second-order valence-corrected chi connectivity index (χ2v) is 69.0. The van der Waals surface area contributed by atoms with E-state index in [-0.39, 0.29) is 50.0 Å². The molecule has 6 nitrogen and oxygen atoms in total. The third-order valence-electron chi connectivity index (χ3n) is 21.6. The molecule has 8 unspecified atom stereocenters. The Labute approximate surface area is 654 Å². The van der Waals surface area contributed by atoms with Crippen LogP contribution in [0.1, 0.15) is 77.6 Å². The van der Waals surface area contributed by atoms with Gasteiger partial charge in [0.1, 0.15) is 22.7 Å². The van der Waals surface area contributed by atoms with E-state index >= 15 is 0 Å². The van der Waals surface area contributed by atoms with Gasteiger partial charge in [0.05, 0.1) is 11.2 Å². The van der Waals surface area contributed by atoms with E-state index in [0.717, 1.165) is 97.0 Å². The number of rotatable bonds is 8. The molecule has 8 atom stereocenters. The Morgan fingerprint density at radius 1 is 0.346 bits per heavy atom. The number of fused-ring (bicyclic) bond motifs is 16. The minimum absolute atomic E-state index is 0.138. The van der Waals surface area contributed by atoms with Crippen LogP contribution in [0.4, 0.5) is 0 Å². The molecule has 1 saturated heterocycles. The molecule has 5 heterocycles. The van der Waals surface area contributed by atoms with Crippen molar-refractivity contribution in [3.63, 3.8) is 0 Å². The van der Waals surface area contributed by atoms with Gasteiger partial charge in [0, 0.05) is 59.1 Å². The van der Waals surface area contributed by atoms with Gasteiger partial charge in [-0.3, -0.25) is 0 Å². The summed E-state index contributed by atoms with van der Waals surface area (Å²) < 4.78 is 39.6. The lowest BCUT2D eigenvalue weighted by Gasteiger charge is -2.35. The molecule has 14 aromatic carbocycles. The average molecular weight is 1670 g/mol. The fraction of sp³-hybridized carbons (Fsp3) is 0.136. The van der Waals surface area contributed by atoms with E-state index in [1.54, 1.807) is 0 Å². The summed E-state index contributed by atoms with van der Waals surface area (Å²) in [7, 11) is 18.5. The van der Waals surface area contributed by atoms with E-state index in [4.69, 9.17) is 27.6 Å². The van der Waals surface area contributed by atoms with Crippen LogP contribution in [0.15, 0.2) is 280 Å². The Morgan fingerprint density at radius 3 is 1.08 bits per heavy atom. The first-order valence-corrected chi connectivity index (χ1v) is 55.5. The Morgan fingerprint density at radius 2 is 0.692 bits per heavy atom. The summed E-state index contributed by atoms with van der Waals surface area (Å²) in [6.45, 7) is 18.1. The first kappa shape index (κ1) is 75.5. The van der Waals surface area contributed by atoms with E-state index in [1.165, 1.54) is 86.5 Å². The number of para-hydroxylation sites is 2. The highest BCUT2D eigenvalue weighted by atomic mass is 79.9. The Hall–Kier alpha value is -5.49. The van der Waals surface area contributed by atoms with Crippen molar-refractivity contribution in [1.82, 2.24) is 0 Å². The highest BCUT2D eigenvalue weighted by Gasteiger charge is 2.52. The van der Waals surface area contributed by atoms with E-state index in [1.807, 2.05) is 42.5 Å². The molecule has 0 N–H and O–H groups in total. The number of halogens is 1. The van der Waals surface area contributed by atoms with Gasteiger partial charge in [-0.2, -0.15) is 0 Å². The van der Waals surface area contributed by atoms with Crippen molar-refractivity contribution in [2.75, 3.05) is 0 Å². The molecule has 0 aliphatic carbocycles. The molecule has 16 aromatic rings. The lowest BCUT2D eigenvalue weighted by molar-refractivity contribution is 0.00578. The summed E-state index contributed by atoms with van der Waals surface area (Å²) in [6.07, 6.45) is 0. The van der Waals surface area contributed by atoms with Gasteiger partial charge in [-0.25, -0.2) is 0 Å². The molecule has 3 aliphatic heterocycles. The Kier molecular flexibility index (Phi) is 21.6. The predicted molar refractivity (Wildman–Crippen MR) is 495 cm³/mol. The largest absolute Gasteiger partial charge is 0.494 e. The lowest BCUT2D eigenvalue weighted by Crippen LogP contribution is -2.41. The molecule has 19 heteroatoms. The van der Waals surface area contributed by atoms with Gasteiger partial charge >= 0.3 is 7.12 Å². The molecule has 107 heavy (non-hydrogen) atoms. The van der Waals surface area contributed by atoms with Crippen LogP contribution in [-0.4, -0.2) is 18.3 Å². The Balaban J connectivity index is 0.000000120. The zero-order valence-corrected chi connectivity index (χ0v) is 73.7.